The molecule has 0 bridgehead atoms. The first-order chi connectivity index (χ1) is 13.2. The topological polar surface area (TPSA) is 96.0 Å². The molecule has 2 aromatic carbocycles. The molecule has 7 nitrogen and oxygen atoms in total. The van der Waals surface area contributed by atoms with Crippen molar-refractivity contribution in [3.8, 4) is 6.07 Å². The van der Waals surface area contributed by atoms with Crippen LogP contribution in [0.2, 0.25) is 0 Å². The number of anilines is 1. The van der Waals surface area contributed by atoms with Crippen LogP contribution in [0, 0.1) is 18.3 Å². The fourth-order valence-corrected chi connectivity index (χ4v) is 3.52. The lowest BCUT2D eigenvalue weighted by Crippen LogP contribution is -2.14. The number of hydrogen-bond acceptors (Lipinski definition) is 6. The number of rotatable bonds is 4. The number of para-hydroxylation sites is 2. The highest BCUT2D eigenvalue weighted by Gasteiger charge is 2.14. The van der Waals surface area contributed by atoms with Crippen LogP contribution < -0.4 is 5.32 Å². The van der Waals surface area contributed by atoms with Crippen LogP contribution >= 0.6 is 11.8 Å². The first kappa shape index (κ1) is 17.0. The van der Waals surface area contributed by atoms with Gasteiger partial charge in [0.25, 0.3) is 0 Å². The van der Waals surface area contributed by atoms with E-state index in [0.29, 0.717) is 21.9 Å². The molecule has 0 saturated heterocycles. The molecule has 0 aliphatic heterocycles. The number of amides is 1. The molecule has 0 fully saturated rings. The van der Waals surface area contributed by atoms with Gasteiger partial charge in [0, 0.05) is 5.69 Å². The van der Waals surface area contributed by atoms with Crippen LogP contribution in [0.25, 0.3) is 16.7 Å². The summed E-state index contributed by atoms with van der Waals surface area (Å²) < 4.78 is 1.95. The third kappa shape index (κ3) is 3.32. The van der Waals surface area contributed by atoms with Crippen molar-refractivity contribution in [1.82, 2.24) is 19.6 Å². The first-order valence-electron chi connectivity index (χ1n) is 8.19. The Balaban J connectivity index is 1.56. The molecular weight excluding hydrogens is 360 g/mol. The number of aryl methyl sites for hydroxylation is 1. The summed E-state index contributed by atoms with van der Waals surface area (Å²) in [5.41, 5.74) is 3.59. The minimum absolute atomic E-state index is 0.158. The van der Waals surface area contributed by atoms with Crippen LogP contribution in [0.4, 0.5) is 5.69 Å². The van der Waals surface area contributed by atoms with Gasteiger partial charge >= 0.3 is 0 Å². The van der Waals surface area contributed by atoms with E-state index in [1.807, 2.05) is 41.7 Å². The van der Waals surface area contributed by atoms with E-state index >= 15 is 0 Å². The quantitative estimate of drug-likeness (QED) is 0.551. The molecule has 0 radical (unpaired) electrons. The second-order valence-electron chi connectivity index (χ2n) is 5.84. The number of carbonyl (C=O) groups excluding carboxylic acids is 1. The van der Waals surface area contributed by atoms with E-state index in [2.05, 4.69) is 20.5 Å². The van der Waals surface area contributed by atoms with Crippen LogP contribution in [0.15, 0.2) is 53.6 Å². The first-order valence-corrected chi connectivity index (χ1v) is 9.17. The van der Waals surface area contributed by atoms with Gasteiger partial charge in [-0.05, 0) is 43.3 Å². The van der Waals surface area contributed by atoms with Crippen molar-refractivity contribution in [2.75, 3.05) is 11.1 Å². The Morgan fingerprint density at radius 3 is 2.74 bits per heavy atom. The summed E-state index contributed by atoms with van der Waals surface area (Å²) in [5.74, 6) is 0.800. The van der Waals surface area contributed by atoms with E-state index in [-0.39, 0.29) is 11.7 Å². The van der Waals surface area contributed by atoms with E-state index in [9.17, 15) is 4.79 Å². The number of hydrogen-bond donors (Lipinski definition) is 1. The zero-order valence-corrected chi connectivity index (χ0v) is 15.2. The van der Waals surface area contributed by atoms with Crippen molar-refractivity contribution in [2.45, 2.75) is 11.9 Å². The minimum Gasteiger partial charge on any atom is -0.325 e. The zero-order chi connectivity index (χ0) is 18.8. The average Bonchev–Trinajstić information content (AvgIpc) is 3.09. The normalized spacial score (nSPS) is 10.8. The van der Waals surface area contributed by atoms with Gasteiger partial charge in [-0.3, -0.25) is 9.20 Å². The van der Waals surface area contributed by atoms with Crippen LogP contribution in [-0.4, -0.2) is 31.2 Å². The van der Waals surface area contributed by atoms with E-state index in [0.717, 1.165) is 16.9 Å². The second kappa shape index (κ2) is 7.05. The number of nitriles is 1. The highest BCUT2D eigenvalue weighted by atomic mass is 32.2. The third-order valence-electron chi connectivity index (χ3n) is 4.00. The van der Waals surface area contributed by atoms with Crippen molar-refractivity contribution in [3.05, 3.63) is 59.9 Å². The lowest BCUT2D eigenvalue weighted by atomic mass is 10.2. The van der Waals surface area contributed by atoms with Crippen LogP contribution in [0.3, 0.4) is 0 Å². The predicted molar refractivity (Wildman–Crippen MR) is 104 cm³/mol. The Bertz CT molecular complexity index is 1190. The molecule has 0 saturated carbocycles. The van der Waals surface area contributed by atoms with Gasteiger partial charge in [0.2, 0.25) is 5.91 Å². The summed E-state index contributed by atoms with van der Waals surface area (Å²) in [4.78, 5) is 16.9. The third-order valence-corrected chi connectivity index (χ3v) is 4.95. The molecule has 0 spiro atoms. The number of nitrogens with one attached hydrogen (secondary N) is 1. The number of aromatic nitrogens is 4. The number of fused-ring (bicyclic) bond motifs is 3. The molecule has 1 N–H and O–H groups in total. The van der Waals surface area contributed by atoms with Gasteiger partial charge in [-0.1, -0.05) is 23.9 Å². The van der Waals surface area contributed by atoms with Gasteiger partial charge in [-0.25, -0.2) is 4.98 Å². The molecular formula is C19H14N6OS. The second-order valence-corrected chi connectivity index (χ2v) is 6.80. The Kier molecular flexibility index (Phi) is 4.44. The molecule has 132 valence electrons. The fraction of sp³-hybridized carbons (Fsp3) is 0.105. The number of thioether (sulfide) groups is 1. The van der Waals surface area contributed by atoms with Gasteiger partial charge < -0.3 is 5.32 Å². The SMILES string of the molecule is Cc1nnc2c(SCC(=O)Nc3ccc(C#N)cc3)nc3ccccc3n12. The van der Waals surface area contributed by atoms with Gasteiger partial charge in [-0.15, -0.1) is 10.2 Å². The lowest BCUT2D eigenvalue weighted by molar-refractivity contribution is -0.113. The molecule has 4 rings (SSSR count). The van der Waals surface area contributed by atoms with Crippen LogP contribution in [0.5, 0.6) is 0 Å². The minimum atomic E-state index is -0.158. The van der Waals surface area contributed by atoms with Crippen molar-refractivity contribution in [1.29, 1.82) is 5.26 Å². The predicted octanol–water partition coefficient (Wildman–Crippen LogP) is 3.19. The summed E-state index contributed by atoms with van der Waals surface area (Å²) in [6, 6.07) is 16.5. The Labute approximate surface area is 159 Å². The largest absolute Gasteiger partial charge is 0.325 e. The summed E-state index contributed by atoms with van der Waals surface area (Å²) >= 11 is 1.31. The summed E-state index contributed by atoms with van der Waals surface area (Å²) in [5, 5.41) is 20.7. The zero-order valence-electron chi connectivity index (χ0n) is 14.4. The van der Waals surface area contributed by atoms with E-state index in [1.54, 1.807) is 24.3 Å². The average molecular weight is 374 g/mol. The van der Waals surface area contributed by atoms with Gasteiger partial charge in [0.1, 0.15) is 10.9 Å². The summed E-state index contributed by atoms with van der Waals surface area (Å²) in [6.07, 6.45) is 0. The molecule has 0 aliphatic carbocycles. The molecule has 27 heavy (non-hydrogen) atoms. The van der Waals surface area contributed by atoms with Crippen LogP contribution in [-0.2, 0) is 4.79 Å². The Hall–Kier alpha value is -3.44. The van der Waals surface area contributed by atoms with E-state index in [1.165, 1.54) is 11.8 Å². The monoisotopic (exact) mass is 374 g/mol. The van der Waals surface area contributed by atoms with E-state index in [4.69, 9.17) is 5.26 Å². The highest BCUT2D eigenvalue weighted by Crippen LogP contribution is 2.25. The Morgan fingerprint density at radius 1 is 1.19 bits per heavy atom. The molecule has 0 aliphatic rings. The maximum Gasteiger partial charge on any atom is 0.234 e. The number of carbonyl (C=O) groups is 1. The molecule has 4 aromatic rings. The standard InChI is InChI=1S/C19H14N6OS/c1-12-23-24-18-19(22-15-4-2-3-5-16(15)25(12)18)27-11-17(26)21-14-8-6-13(10-20)7-9-14/h2-9H,11H2,1H3,(H,21,26). The van der Waals surface area contributed by atoms with Crippen molar-refractivity contribution >= 4 is 40.0 Å². The summed E-state index contributed by atoms with van der Waals surface area (Å²) in [7, 11) is 0. The molecule has 8 heteroatoms. The van der Waals surface area contributed by atoms with Crippen LogP contribution in [0.1, 0.15) is 11.4 Å². The molecule has 1 amide bonds. The summed E-state index contributed by atoms with van der Waals surface area (Å²) in [6.45, 7) is 1.89. The van der Waals surface area contributed by atoms with Crippen molar-refractivity contribution in [2.24, 2.45) is 0 Å². The Morgan fingerprint density at radius 2 is 1.96 bits per heavy atom. The molecule has 0 atom stereocenters. The van der Waals surface area contributed by atoms with Gasteiger partial charge in [0.05, 0.1) is 28.4 Å². The number of benzene rings is 2. The van der Waals surface area contributed by atoms with Crippen molar-refractivity contribution < 1.29 is 4.79 Å². The highest BCUT2D eigenvalue weighted by molar-refractivity contribution is 8.00. The van der Waals surface area contributed by atoms with E-state index < -0.39 is 0 Å². The fourth-order valence-electron chi connectivity index (χ4n) is 2.75. The maximum atomic E-state index is 12.3. The van der Waals surface area contributed by atoms with Gasteiger partial charge in [-0.2, -0.15) is 5.26 Å². The smallest absolute Gasteiger partial charge is 0.234 e. The lowest BCUT2D eigenvalue weighted by Gasteiger charge is -2.08. The molecule has 2 heterocycles. The maximum absolute atomic E-state index is 12.3. The molecule has 2 aromatic heterocycles. The number of nitrogens with zero attached hydrogens (tertiary/aromatic N) is 5. The van der Waals surface area contributed by atoms with Crippen molar-refractivity contribution in [3.63, 3.8) is 0 Å². The van der Waals surface area contributed by atoms with Gasteiger partial charge in [0.15, 0.2) is 5.65 Å². The molecule has 0 unspecified atom stereocenters.